The number of hydrazine groups is 1. The van der Waals surface area contributed by atoms with Crippen molar-refractivity contribution in [2.45, 2.75) is 25.8 Å². The van der Waals surface area contributed by atoms with Crippen molar-refractivity contribution in [3.63, 3.8) is 0 Å². The summed E-state index contributed by atoms with van der Waals surface area (Å²) in [5, 5.41) is 0. The molecule has 0 heterocycles. The number of hydrogen-bond donors (Lipinski definition) is 2. The van der Waals surface area contributed by atoms with Crippen LogP contribution in [-0.2, 0) is 0 Å². The Labute approximate surface area is 105 Å². The van der Waals surface area contributed by atoms with Gasteiger partial charge in [-0.05, 0) is 53.5 Å². The van der Waals surface area contributed by atoms with Gasteiger partial charge in [0.2, 0.25) is 0 Å². The molecule has 0 fully saturated rings. The smallest absolute Gasteiger partial charge is 0.0473 e. The van der Waals surface area contributed by atoms with Crippen LogP contribution in [0.1, 0.15) is 30.0 Å². The van der Waals surface area contributed by atoms with Gasteiger partial charge < -0.3 is 0 Å². The SMILES string of the molecule is C=CCCC(NN)c1cccc(C)c1I. The second kappa shape index (κ2) is 6.25. The lowest BCUT2D eigenvalue weighted by atomic mass is 10.0. The normalized spacial score (nSPS) is 12.5. The Morgan fingerprint density at radius 3 is 2.93 bits per heavy atom. The molecule has 0 bridgehead atoms. The van der Waals surface area contributed by atoms with Gasteiger partial charge in [0, 0.05) is 9.61 Å². The minimum absolute atomic E-state index is 0.217. The molecular weight excluding hydrogens is 299 g/mol. The molecule has 0 aliphatic rings. The maximum atomic E-state index is 5.58. The van der Waals surface area contributed by atoms with Crippen LogP contribution in [0.3, 0.4) is 0 Å². The van der Waals surface area contributed by atoms with E-state index < -0.39 is 0 Å². The third kappa shape index (κ3) is 3.29. The lowest BCUT2D eigenvalue weighted by Crippen LogP contribution is -2.28. The van der Waals surface area contributed by atoms with Crippen LogP contribution >= 0.6 is 22.6 Å². The third-order valence-corrected chi connectivity index (χ3v) is 3.93. The van der Waals surface area contributed by atoms with E-state index in [2.05, 4.69) is 59.7 Å². The Balaban J connectivity index is 2.90. The molecule has 0 amide bonds. The van der Waals surface area contributed by atoms with Gasteiger partial charge in [0.05, 0.1) is 0 Å². The van der Waals surface area contributed by atoms with Crippen molar-refractivity contribution in [3.8, 4) is 0 Å². The highest BCUT2D eigenvalue weighted by atomic mass is 127. The molecule has 0 aliphatic heterocycles. The number of aryl methyl sites for hydroxylation is 1. The van der Waals surface area contributed by atoms with E-state index >= 15 is 0 Å². The van der Waals surface area contributed by atoms with Crippen molar-refractivity contribution in [2.24, 2.45) is 5.84 Å². The van der Waals surface area contributed by atoms with Crippen molar-refractivity contribution in [3.05, 3.63) is 45.6 Å². The summed E-state index contributed by atoms with van der Waals surface area (Å²) in [4.78, 5) is 0. The van der Waals surface area contributed by atoms with Crippen LogP contribution in [0.5, 0.6) is 0 Å². The van der Waals surface area contributed by atoms with E-state index in [1.54, 1.807) is 0 Å². The Kier molecular flexibility index (Phi) is 5.28. The molecule has 2 nitrogen and oxygen atoms in total. The van der Waals surface area contributed by atoms with Crippen LogP contribution in [0.15, 0.2) is 30.9 Å². The van der Waals surface area contributed by atoms with E-state index in [0.717, 1.165) is 12.8 Å². The van der Waals surface area contributed by atoms with Gasteiger partial charge in [0.25, 0.3) is 0 Å². The standard InChI is InChI=1S/C12H17IN2/c1-3-4-8-11(15-14)10-7-5-6-9(2)12(10)13/h3,5-7,11,15H,1,4,8,14H2,2H3. The van der Waals surface area contributed by atoms with E-state index in [4.69, 9.17) is 5.84 Å². The molecule has 1 unspecified atom stereocenters. The quantitative estimate of drug-likeness (QED) is 0.379. The summed E-state index contributed by atoms with van der Waals surface area (Å²) < 4.78 is 1.29. The highest BCUT2D eigenvalue weighted by Crippen LogP contribution is 2.25. The van der Waals surface area contributed by atoms with Crippen molar-refractivity contribution in [1.29, 1.82) is 0 Å². The molecule has 1 aromatic rings. The lowest BCUT2D eigenvalue weighted by molar-refractivity contribution is 0.518. The van der Waals surface area contributed by atoms with Crippen LogP contribution < -0.4 is 11.3 Å². The molecule has 1 rings (SSSR count). The first-order chi connectivity index (χ1) is 7.20. The van der Waals surface area contributed by atoms with Crippen molar-refractivity contribution >= 4 is 22.6 Å². The maximum absolute atomic E-state index is 5.58. The van der Waals surface area contributed by atoms with Gasteiger partial charge in [-0.25, -0.2) is 0 Å². The number of hydrogen-bond acceptors (Lipinski definition) is 2. The molecule has 3 heteroatoms. The largest absolute Gasteiger partial charge is 0.271 e. The summed E-state index contributed by atoms with van der Waals surface area (Å²) in [5.74, 6) is 5.58. The predicted octanol–water partition coefficient (Wildman–Crippen LogP) is 3.07. The molecule has 1 atom stereocenters. The fraction of sp³-hybridized carbons (Fsp3) is 0.333. The molecule has 15 heavy (non-hydrogen) atoms. The Morgan fingerprint density at radius 2 is 2.33 bits per heavy atom. The maximum Gasteiger partial charge on any atom is 0.0473 e. The van der Waals surface area contributed by atoms with Gasteiger partial charge in [0.1, 0.15) is 0 Å². The molecule has 0 radical (unpaired) electrons. The zero-order chi connectivity index (χ0) is 11.3. The average Bonchev–Trinajstić information content (AvgIpc) is 2.25. The first-order valence-corrected chi connectivity index (χ1v) is 6.10. The van der Waals surface area contributed by atoms with Gasteiger partial charge in [0.15, 0.2) is 0 Å². The van der Waals surface area contributed by atoms with E-state index in [0.29, 0.717) is 0 Å². The Bertz CT molecular complexity index is 336. The molecule has 0 aromatic heterocycles. The monoisotopic (exact) mass is 316 g/mol. The zero-order valence-electron chi connectivity index (χ0n) is 8.96. The molecule has 0 aliphatic carbocycles. The molecule has 3 N–H and O–H groups in total. The summed E-state index contributed by atoms with van der Waals surface area (Å²) in [6, 6.07) is 6.54. The van der Waals surface area contributed by atoms with Crippen LogP contribution in [0.2, 0.25) is 0 Å². The second-order valence-corrected chi connectivity index (χ2v) is 4.64. The molecule has 82 valence electrons. The number of halogens is 1. The first-order valence-electron chi connectivity index (χ1n) is 5.02. The summed E-state index contributed by atoms with van der Waals surface area (Å²) in [6.07, 6.45) is 3.88. The predicted molar refractivity (Wildman–Crippen MR) is 73.4 cm³/mol. The molecule has 0 spiro atoms. The van der Waals surface area contributed by atoms with Gasteiger partial charge in [-0.2, -0.15) is 0 Å². The van der Waals surface area contributed by atoms with Gasteiger partial charge >= 0.3 is 0 Å². The molecule has 1 aromatic carbocycles. The van der Waals surface area contributed by atoms with E-state index in [-0.39, 0.29) is 6.04 Å². The minimum Gasteiger partial charge on any atom is -0.271 e. The van der Waals surface area contributed by atoms with Crippen LogP contribution in [0.25, 0.3) is 0 Å². The first kappa shape index (κ1) is 12.7. The number of nitrogens with one attached hydrogen (secondary N) is 1. The summed E-state index contributed by atoms with van der Waals surface area (Å²) in [7, 11) is 0. The number of rotatable bonds is 5. The van der Waals surface area contributed by atoms with Gasteiger partial charge in [-0.1, -0.05) is 24.3 Å². The van der Waals surface area contributed by atoms with Gasteiger partial charge in [-0.3, -0.25) is 11.3 Å². The Morgan fingerprint density at radius 1 is 1.60 bits per heavy atom. The highest BCUT2D eigenvalue weighted by molar-refractivity contribution is 14.1. The highest BCUT2D eigenvalue weighted by Gasteiger charge is 2.12. The van der Waals surface area contributed by atoms with Crippen LogP contribution in [0, 0.1) is 10.5 Å². The minimum atomic E-state index is 0.217. The van der Waals surface area contributed by atoms with Crippen LogP contribution in [-0.4, -0.2) is 0 Å². The third-order valence-electron chi connectivity index (χ3n) is 2.46. The average molecular weight is 316 g/mol. The van der Waals surface area contributed by atoms with Crippen molar-refractivity contribution < 1.29 is 0 Å². The summed E-state index contributed by atoms with van der Waals surface area (Å²) >= 11 is 2.37. The van der Waals surface area contributed by atoms with E-state index in [1.807, 2.05) is 6.08 Å². The van der Waals surface area contributed by atoms with Crippen LogP contribution in [0.4, 0.5) is 0 Å². The fourth-order valence-corrected chi connectivity index (χ4v) is 2.29. The number of benzene rings is 1. The number of allylic oxidation sites excluding steroid dienone is 1. The van der Waals surface area contributed by atoms with E-state index in [1.165, 1.54) is 14.7 Å². The second-order valence-electron chi connectivity index (χ2n) is 3.56. The Hall–Kier alpha value is -0.390. The topological polar surface area (TPSA) is 38.0 Å². The molecular formula is C12H17IN2. The fourth-order valence-electron chi connectivity index (χ4n) is 1.55. The summed E-state index contributed by atoms with van der Waals surface area (Å²) in [6.45, 7) is 5.85. The molecule has 0 saturated heterocycles. The van der Waals surface area contributed by atoms with Crippen molar-refractivity contribution in [2.75, 3.05) is 0 Å². The van der Waals surface area contributed by atoms with Crippen molar-refractivity contribution in [1.82, 2.24) is 5.43 Å². The number of nitrogens with two attached hydrogens (primary N) is 1. The zero-order valence-corrected chi connectivity index (χ0v) is 11.1. The van der Waals surface area contributed by atoms with Gasteiger partial charge in [-0.15, -0.1) is 6.58 Å². The summed E-state index contributed by atoms with van der Waals surface area (Å²) in [5.41, 5.74) is 5.44. The van der Waals surface area contributed by atoms with E-state index in [9.17, 15) is 0 Å². The molecule has 0 saturated carbocycles. The lowest BCUT2D eigenvalue weighted by Gasteiger charge is -2.18.